The Hall–Kier alpha value is -4.04. The highest BCUT2D eigenvalue weighted by atomic mass is 35.5. The first-order valence-corrected chi connectivity index (χ1v) is 9.05. The molecule has 0 radical (unpaired) electrons. The molecule has 0 unspecified atom stereocenters. The van der Waals surface area contributed by atoms with Gasteiger partial charge in [0, 0.05) is 34.0 Å². The largest absolute Gasteiger partial charge is 0.322 e. The molecule has 0 saturated carbocycles. The van der Waals surface area contributed by atoms with Gasteiger partial charge in [0.05, 0.1) is 11.1 Å². The molecular weight excluding hydrogens is 408 g/mol. The third-order valence-electron chi connectivity index (χ3n) is 3.99. The van der Waals surface area contributed by atoms with Crippen LogP contribution in [-0.2, 0) is 0 Å². The van der Waals surface area contributed by atoms with Crippen molar-refractivity contribution in [2.24, 2.45) is 5.10 Å². The van der Waals surface area contributed by atoms with E-state index in [9.17, 15) is 19.7 Å². The van der Waals surface area contributed by atoms with Gasteiger partial charge in [-0.2, -0.15) is 5.10 Å². The number of carbonyl (C=O) groups is 2. The normalized spacial score (nSPS) is 10.6. The molecule has 0 bridgehead atoms. The molecular formula is C21H15ClN4O4. The first kappa shape index (κ1) is 20.7. The van der Waals surface area contributed by atoms with Crippen LogP contribution in [0.25, 0.3) is 0 Å². The van der Waals surface area contributed by atoms with Crippen LogP contribution in [0.15, 0.2) is 77.9 Å². The van der Waals surface area contributed by atoms with E-state index >= 15 is 0 Å². The number of nitro benzene ring substituents is 1. The number of amides is 2. The number of non-ortho nitro benzene ring substituents is 1. The minimum absolute atomic E-state index is 0.0283. The summed E-state index contributed by atoms with van der Waals surface area (Å²) in [5.74, 6) is -0.736. The molecule has 8 nitrogen and oxygen atoms in total. The Bertz CT molecular complexity index is 1100. The molecule has 0 heterocycles. The van der Waals surface area contributed by atoms with Gasteiger partial charge in [-0.3, -0.25) is 19.7 Å². The van der Waals surface area contributed by atoms with Crippen LogP contribution in [0.2, 0.25) is 5.02 Å². The average molecular weight is 423 g/mol. The van der Waals surface area contributed by atoms with Gasteiger partial charge in [0.1, 0.15) is 0 Å². The van der Waals surface area contributed by atoms with Crippen molar-refractivity contribution in [2.45, 2.75) is 0 Å². The smallest absolute Gasteiger partial charge is 0.271 e. The van der Waals surface area contributed by atoms with Gasteiger partial charge in [-0.25, -0.2) is 5.43 Å². The number of nitro groups is 1. The van der Waals surface area contributed by atoms with Crippen LogP contribution in [-0.4, -0.2) is 23.0 Å². The van der Waals surface area contributed by atoms with Crippen LogP contribution < -0.4 is 10.7 Å². The Labute approximate surface area is 176 Å². The number of benzene rings is 3. The topological polar surface area (TPSA) is 114 Å². The van der Waals surface area contributed by atoms with Gasteiger partial charge in [0.25, 0.3) is 17.5 Å². The third kappa shape index (κ3) is 5.49. The highest BCUT2D eigenvalue weighted by Gasteiger charge is 2.08. The first-order valence-electron chi connectivity index (χ1n) is 8.67. The molecule has 0 atom stereocenters. The molecule has 150 valence electrons. The molecule has 0 spiro atoms. The van der Waals surface area contributed by atoms with E-state index in [2.05, 4.69) is 15.8 Å². The number of rotatable bonds is 6. The van der Waals surface area contributed by atoms with Gasteiger partial charge in [-0.1, -0.05) is 11.6 Å². The molecule has 3 rings (SSSR count). The molecule has 0 aliphatic heterocycles. The van der Waals surface area contributed by atoms with E-state index in [1.165, 1.54) is 30.5 Å². The van der Waals surface area contributed by atoms with Gasteiger partial charge in [0.15, 0.2) is 0 Å². The second-order valence-corrected chi connectivity index (χ2v) is 6.52. The maximum Gasteiger partial charge on any atom is 0.271 e. The van der Waals surface area contributed by atoms with Crippen LogP contribution in [0.1, 0.15) is 26.3 Å². The fourth-order valence-corrected chi connectivity index (χ4v) is 2.55. The zero-order valence-corrected chi connectivity index (χ0v) is 16.2. The molecule has 0 fully saturated rings. The van der Waals surface area contributed by atoms with Gasteiger partial charge >= 0.3 is 0 Å². The maximum absolute atomic E-state index is 12.2. The maximum atomic E-state index is 12.2. The summed E-state index contributed by atoms with van der Waals surface area (Å²) in [6.45, 7) is 0. The molecule has 2 amide bonds. The summed E-state index contributed by atoms with van der Waals surface area (Å²) in [5, 5.41) is 17.7. The SMILES string of the molecule is O=C(N/N=C\c1ccc([N+](=O)[O-])cc1)c1ccc(NC(=O)c2ccc(Cl)cc2)cc1. The minimum atomic E-state index is -0.496. The van der Waals surface area contributed by atoms with Crippen molar-refractivity contribution < 1.29 is 14.5 Å². The summed E-state index contributed by atoms with van der Waals surface area (Å²) in [5.41, 5.74) is 4.28. The standard InChI is InChI=1S/C21H15ClN4O4/c22-17-7-3-15(4-8-17)20(27)24-18-9-5-16(6-10-18)21(28)25-23-13-14-1-11-19(12-2-14)26(29)30/h1-13H,(H,24,27)(H,25,28)/b23-13-. The van der Waals surface area contributed by atoms with Crippen molar-refractivity contribution in [1.82, 2.24) is 5.43 Å². The first-order chi connectivity index (χ1) is 14.4. The quantitative estimate of drug-likeness (QED) is 0.351. The molecule has 2 N–H and O–H groups in total. The average Bonchev–Trinajstić information content (AvgIpc) is 2.75. The van der Waals surface area contributed by atoms with E-state index in [1.807, 2.05) is 0 Å². The number of hydrogen-bond acceptors (Lipinski definition) is 5. The van der Waals surface area contributed by atoms with Gasteiger partial charge in [0.2, 0.25) is 0 Å². The van der Waals surface area contributed by atoms with Gasteiger partial charge < -0.3 is 5.32 Å². The summed E-state index contributed by atoms with van der Waals surface area (Å²) in [6, 6.07) is 18.5. The predicted molar refractivity (Wildman–Crippen MR) is 114 cm³/mol. The molecule has 0 aliphatic carbocycles. The molecule has 30 heavy (non-hydrogen) atoms. The fraction of sp³-hybridized carbons (Fsp3) is 0. The highest BCUT2D eigenvalue weighted by Crippen LogP contribution is 2.14. The van der Waals surface area contributed by atoms with E-state index < -0.39 is 10.8 Å². The number of carbonyl (C=O) groups excluding carboxylic acids is 2. The number of hydrazone groups is 1. The molecule has 0 aromatic heterocycles. The van der Waals surface area contributed by atoms with Crippen LogP contribution >= 0.6 is 11.6 Å². The molecule has 9 heteroatoms. The predicted octanol–water partition coefficient (Wildman–Crippen LogP) is 4.26. The van der Waals surface area contributed by atoms with Crippen molar-refractivity contribution in [3.05, 3.63) is 105 Å². The van der Waals surface area contributed by atoms with Crippen molar-refractivity contribution >= 4 is 41.0 Å². The van der Waals surface area contributed by atoms with E-state index in [0.29, 0.717) is 27.4 Å². The Morgan fingerprint density at radius 3 is 2.03 bits per heavy atom. The lowest BCUT2D eigenvalue weighted by Crippen LogP contribution is -2.17. The number of hydrogen-bond donors (Lipinski definition) is 2. The number of nitrogens with zero attached hydrogens (tertiary/aromatic N) is 2. The zero-order chi connectivity index (χ0) is 21.5. The van der Waals surface area contributed by atoms with Crippen molar-refractivity contribution in [3.63, 3.8) is 0 Å². The monoisotopic (exact) mass is 422 g/mol. The van der Waals surface area contributed by atoms with Crippen molar-refractivity contribution in [3.8, 4) is 0 Å². The Morgan fingerprint density at radius 2 is 1.43 bits per heavy atom. The number of anilines is 1. The Morgan fingerprint density at radius 1 is 0.867 bits per heavy atom. The lowest BCUT2D eigenvalue weighted by Gasteiger charge is -2.06. The Balaban J connectivity index is 1.56. The van der Waals surface area contributed by atoms with Gasteiger partial charge in [-0.15, -0.1) is 0 Å². The summed E-state index contributed by atoms with van der Waals surface area (Å²) in [7, 11) is 0. The molecule has 0 aliphatic rings. The molecule has 3 aromatic rings. The van der Waals surface area contributed by atoms with Crippen LogP contribution in [0.5, 0.6) is 0 Å². The van der Waals surface area contributed by atoms with Crippen molar-refractivity contribution in [1.29, 1.82) is 0 Å². The lowest BCUT2D eigenvalue weighted by atomic mass is 10.1. The summed E-state index contributed by atoms with van der Waals surface area (Å²) >= 11 is 5.81. The van der Waals surface area contributed by atoms with E-state index in [0.717, 1.165) is 0 Å². The summed E-state index contributed by atoms with van der Waals surface area (Å²) < 4.78 is 0. The lowest BCUT2D eigenvalue weighted by molar-refractivity contribution is -0.384. The van der Waals surface area contributed by atoms with Crippen LogP contribution in [0, 0.1) is 10.1 Å². The summed E-state index contributed by atoms with van der Waals surface area (Å²) in [6.07, 6.45) is 1.38. The van der Waals surface area contributed by atoms with E-state index in [4.69, 9.17) is 11.6 Å². The summed E-state index contributed by atoms with van der Waals surface area (Å²) in [4.78, 5) is 34.5. The Kier molecular flexibility index (Phi) is 6.51. The van der Waals surface area contributed by atoms with E-state index in [1.54, 1.807) is 48.5 Å². The fourth-order valence-electron chi connectivity index (χ4n) is 2.42. The van der Waals surface area contributed by atoms with Crippen LogP contribution in [0.4, 0.5) is 11.4 Å². The zero-order valence-electron chi connectivity index (χ0n) is 15.4. The van der Waals surface area contributed by atoms with Gasteiger partial charge in [-0.05, 0) is 66.2 Å². The highest BCUT2D eigenvalue weighted by molar-refractivity contribution is 6.30. The second-order valence-electron chi connectivity index (χ2n) is 6.09. The van der Waals surface area contributed by atoms with Crippen molar-refractivity contribution in [2.75, 3.05) is 5.32 Å². The number of nitrogens with one attached hydrogen (secondary N) is 2. The van der Waals surface area contributed by atoms with Crippen LogP contribution in [0.3, 0.4) is 0 Å². The van der Waals surface area contributed by atoms with E-state index in [-0.39, 0.29) is 11.6 Å². The third-order valence-corrected chi connectivity index (χ3v) is 4.25. The minimum Gasteiger partial charge on any atom is -0.322 e. The number of halogens is 1. The molecule has 3 aromatic carbocycles. The second kappa shape index (κ2) is 9.44. The molecule has 0 saturated heterocycles.